The molecule has 2 amide bonds. The van der Waals surface area contributed by atoms with E-state index in [1.54, 1.807) is 4.90 Å². The van der Waals surface area contributed by atoms with Crippen molar-refractivity contribution >= 4 is 38.5 Å². The molecule has 1 N–H and O–H groups in total. The van der Waals surface area contributed by atoms with Crippen LogP contribution in [0.5, 0.6) is 5.75 Å². The van der Waals surface area contributed by atoms with Gasteiger partial charge in [-0.25, -0.2) is 0 Å². The second kappa shape index (κ2) is 12.2. The molecule has 0 spiro atoms. The second-order valence-corrected chi connectivity index (χ2v) is 9.92. The Bertz CT molecular complexity index is 1150. The highest BCUT2D eigenvalue weighted by Gasteiger charge is 2.30. The van der Waals surface area contributed by atoms with Gasteiger partial charge in [0.05, 0.1) is 4.47 Å². The van der Waals surface area contributed by atoms with Crippen molar-refractivity contribution in [3.63, 3.8) is 0 Å². The minimum Gasteiger partial charge on any atom is -0.483 e. The van der Waals surface area contributed by atoms with Gasteiger partial charge in [-0.3, -0.25) is 9.59 Å². The number of ether oxygens (including phenoxy) is 1. The van der Waals surface area contributed by atoms with Crippen LogP contribution in [0, 0.1) is 0 Å². The van der Waals surface area contributed by atoms with E-state index in [0.29, 0.717) is 25.1 Å². The molecule has 0 bridgehead atoms. The zero-order chi connectivity index (χ0) is 24.6. The molecule has 0 radical (unpaired) electrons. The van der Waals surface area contributed by atoms with Crippen LogP contribution < -0.4 is 10.1 Å². The van der Waals surface area contributed by atoms with E-state index < -0.39 is 6.04 Å². The summed E-state index contributed by atoms with van der Waals surface area (Å²) in [7, 11) is 0. The number of benzene rings is 3. The minimum absolute atomic E-state index is 0.0623. The van der Waals surface area contributed by atoms with Gasteiger partial charge in [-0.2, -0.15) is 0 Å². The molecule has 184 valence electrons. The molecule has 1 saturated carbocycles. The lowest BCUT2D eigenvalue weighted by Crippen LogP contribution is -2.53. The van der Waals surface area contributed by atoms with E-state index in [9.17, 15) is 9.59 Å². The third-order valence-corrected chi connectivity index (χ3v) is 7.57. The number of amides is 2. The molecule has 0 aromatic heterocycles. The average Bonchev–Trinajstić information content (AvgIpc) is 3.39. The molecule has 6 heteroatoms. The summed E-state index contributed by atoms with van der Waals surface area (Å²) in [5, 5.41) is 5.31. The predicted molar refractivity (Wildman–Crippen MR) is 143 cm³/mol. The van der Waals surface area contributed by atoms with Gasteiger partial charge in [0.15, 0.2) is 6.61 Å². The van der Waals surface area contributed by atoms with Gasteiger partial charge in [0.1, 0.15) is 11.8 Å². The first kappa shape index (κ1) is 25.2. The molecule has 1 fully saturated rings. The van der Waals surface area contributed by atoms with E-state index in [1.165, 1.54) is 0 Å². The Labute approximate surface area is 216 Å². The lowest BCUT2D eigenvalue weighted by molar-refractivity contribution is -0.142. The Morgan fingerprint density at radius 3 is 2.49 bits per heavy atom. The number of hydrogen-bond donors (Lipinski definition) is 1. The molecule has 1 aliphatic carbocycles. The molecule has 0 heterocycles. The fourth-order valence-corrected chi connectivity index (χ4v) is 5.42. The van der Waals surface area contributed by atoms with Crippen molar-refractivity contribution in [2.45, 2.75) is 57.5 Å². The molecular formula is C29H33BrN2O3. The highest BCUT2D eigenvalue weighted by atomic mass is 79.9. The van der Waals surface area contributed by atoms with Crippen molar-refractivity contribution < 1.29 is 14.3 Å². The normalized spacial score (nSPS) is 14.6. The molecule has 1 aliphatic rings. The highest BCUT2D eigenvalue weighted by Crippen LogP contribution is 2.33. The summed E-state index contributed by atoms with van der Waals surface area (Å²) in [5.74, 6) is 0.366. The van der Waals surface area contributed by atoms with Gasteiger partial charge in [-0.15, -0.1) is 0 Å². The van der Waals surface area contributed by atoms with E-state index >= 15 is 0 Å². The fourth-order valence-electron chi connectivity index (χ4n) is 4.81. The maximum Gasteiger partial charge on any atom is 0.261 e. The van der Waals surface area contributed by atoms with E-state index in [0.717, 1.165) is 46.5 Å². The Morgan fingerprint density at radius 1 is 1.03 bits per heavy atom. The van der Waals surface area contributed by atoms with Gasteiger partial charge in [-0.1, -0.05) is 80.4 Å². The van der Waals surface area contributed by atoms with Crippen LogP contribution in [0.25, 0.3) is 10.8 Å². The van der Waals surface area contributed by atoms with Gasteiger partial charge in [0.25, 0.3) is 5.91 Å². The molecule has 1 atom stereocenters. The zero-order valence-corrected chi connectivity index (χ0v) is 21.8. The van der Waals surface area contributed by atoms with E-state index in [4.69, 9.17) is 4.74 Å². The van der Waals surface area contributed by atoms with E-state index in [1.807, 2.05) is 73.7 Å². The zero-order valence-electron chi connectivity index (χ0n) is 20.2. The number of halogens is 1. The smallest absolute Gasteiger partial charge is 0.261 e. The van der Waals surface area contributed by atoms with Crippen molar-refractivity contribution in [1.29, 1.82) is 0 Å². The standard InChI is InChI=1S/C29H33BrN2O3/c1-2-25(29(34)31-23-13-7-8-14-23)32(19-18-21-10-4-3-5-11-21)27(33)20-35-26-17-16-22-12-6-9-15-24(22)28(26)30/h3-6,9-12,15-17,23,25H,2,7-8,13-14,18-20H2,1H3,(H,31,34)/t25-/m1/s1. The SMILES string of the molecule is CC[C@H](C(=O)NC1CCCC1)N(CCc1ccccc1)C(=O)COc1ccc2ccccc2c1Br. The number of hydrogen-bond acceptors (Lipinski definition) is 3. The summed E-state index contributed by atoms with van der Waals surface area (Å²) in [6.45, 7) is 2.29. The molecule has 0 saturated heterocycles. The first-order valence-electron chi connectivity index (χ1n) is 12.5. The molecule has 0 unspecified atom stereocenters. The summed E-state index contributed by atoms with van der Waals surface area (Å²) < 4.78 is 6.80. The predicted octanol–water partition coefficient (Wildman–Crippen LogP) is 5.89. The van der Waals surface area contributed by atoms with Crippen molar-refractivity contribution in [2.24, 2.45) is 0 Å². The summed E-state index contributed by atoms with van der Waals surface area (Å²) >= 11 is 3.63. The molecule has 3 aromatic rings. The van der Waals surface area contributed by atoms with Crippen LogP contribution in [0.2, 0.25) is 0 Å². The molecule has 4 rings (SSSR count). The topological polar surface area (TPSA) is 58.6 Å². The first-order valence-corrected chi connectivity index (χ1v) is 13.3. The number of carbonyl (C=O) groups excluding carboxylic acids is 2. The number of rotatable bonds is 10. The van der Waals surface area contributed by atoms with Crippen LogP contribution in [0.15, 0.2) is 71.2 Å². The molecule has 35 heavy (non-hydrogen) atoms. The van der Waals surface area contributed by atoms with Gasteiger partial charge < -0.3 is 15.0 Å². The average molecular weight is 537 g/mol. The van der Waals surface area contributed by atoms with Crippen LogP contribution in [-0.4, -0.2) is 41.9 Å². The minimum atomic E-state index is -0.518. The maximum atomic E-state index is 13.5. The van der Waals surface area contributed by atoms with Crippen LogP contribution in [0.3, 0.4) is 0 Å². The Hall–Kier alpha value is -2.86. The first-order chi connectivity index (χ1) is 17.1. The van der Waals surface area contributed by atoms with Crippen molar-refractivity contribution in [3.05, 3.63) is 76.8 Å². The van der Waals surface area contributed by atoms with Crippen molar-refractivity contribution in [1.82, 2.24) is 10.2 Å². The van der Waals surface area contributed by atoms with Crippen LogP contribution >= 0.6 is 15.9 Å². The Kier molecular flexibility index (Phi) is 8.80. The second-order valence-electron chi connectivity index (χ2n) is 9.12. The lowest BCUT2D eigenvalue weighted by Gasteiger charge is -2.31. The van der Waals surface area contributed by atoms with Crippen molar-refractivity contribution in [3.8, 4) is 5.75 Å². The monoisotopic (exact) mass is 536 g/mol. The van der Waals surface area contributed by atoms with Crippen LogP contribution in [0.1, 0.15) is 44.6 Å². The number of carbonyl (C=O) groups is 2. The fraction of sp³-hybridized carbons (Fsp3) is 0.379. The highest BCUT2D eigenvalue weighted by molar-refractivity contribution is 9.10. The summed E-state index contributed by atoms with van der Waals surface area (Å²) in [5.41, 5.74) is 1.13. The molecule has 5 nitrogen and oxygen atoms in total. The van der Waals surface area contributed by atoms with E-state index in [-0.39, 0.29) is 24.5 Å². The van der Waals surface area contributed by atoms with Gasteiger partial charge in [0, 0.05) is 12.6 Å². The number of nitrogens with one attached hydrogen (secondary N) is 1. The number of nitrogens with zero attached hydrogens (tertiary/aromatic N) is 1. The summed E-state index contributed by atoms with van der Waals surface area (Å²) in [6.07, 6.45) is 5.55. The van der Waals surface area contributed by atoms with Crippen LogP contribution in [0.4, 0.5) is 0 Å². The van der Waals surface area contributed by atoms with Gasteiger partial charge >= 0.3 is 0 Å². The Balaban J connectivity index is 1.49. The van der Waals surface area contributed by atoms with E-state index in [2.05, 4.69) is 21.2 Å². The third kappa shape index (κ3) is 6.43. The number of fused-ring (bicyclic) bond motifs is 1. The third-order valence-electron chi connectivity index (χ3n) is 6.75. The van der Waals surface area contributed by atoms with Crippen molar-refractivity contribution in [2.75, 3.05) is 13.2 Å². The lowest BCUT2D eigenvalue weighted by atomic mass is 10.1. The summed E-state index contributed by atoms with van der Waals surface area (Å²) in [6, 6.07) is 21.6. The van der Waals surface area contributed by atoms with Gasteiger partial charge in [0.2, 0.25) is 5.91 Å². The maximum absolute atomic E-state index is 13.5. The molecule has 0 aliphatic heterocycles. The molecular weight excluding hydrogens is 504 g/mol. The summed E-state index contributed by atoms with van der Waals surface area (Å²) in [4.78, 5) is 28.4. The van der Waals surface area contributed by atoms with Gasteiger partial charge in [-0.05, 0) is 64.0 Å². The van der Waals surface area contributed by atoms with Crippen LogP contribution in [-0.2, 0) is 16.0 Å². The largest absolute Gasteiger partial charge is 0.483 e. The Morgan fingerprint density at radius 2 is 1.74 bits per heavy atom. The quantitative estimate of drug-likeness (QED) is 0.351. The molecule has 3 aromatic carbocycles.